The highest BCUT2D eigenvalue weighted by Crippen LogP contribution is 2.30. The zero-order chi connectivity index (χ0) is 11.8. The number of hydrogen-bond acceptors (Lipinski definition) is 2. The van der Waals surface area contributed by atoms with Crippen molar-refractivity contribution in [3.8, 4) is 11.3 Å². The summed E-state index contributed by atoms with van der Waals surface area (Å²) in [7, 11) is 0. The molecule has 0 radical (unpaired) electrons. The molecule has 1 aromatic heterocycles. The number of rotatable bonds is 2. The average molecular weight is 248 g/mol. The summed E-state index contributed by atoms with van der Waals surface area (Å²) in [5.41, 5.74) is 3.05. The van der Waals surface area contributed by atoms with Gasteiger partial charge in [0.1, 0.15) is 5.82 Å². The molecule has 0 unspecified atom stereocenters. The Morgan fingerprint density at radius 3 is 2.71 bits per heavy atom. The summed E-state index contributed by atoms with van der Waals surface area (Å²) in [6, 6.07) is 7.83. The Bertz CT molecular complexity index is 543. The van der Waals surface area contributed by atoms with Gasteiger partial charge in [-0.1, -0.05) is 29.8 Å². The normalized spacial score (nSPS) is 15.9. The van der Waals surface area contributed by atoms with E-state index in [0.29, 0.717) is 5.92 Å². The number of halogens is 1. The molecular weight excluding hydrogens is 234 g/mol. The van der Waals surface area contributed by atoms with Crippen LogP contribution >= 0.6 is 11.6 Å². The van der Waals surface area contributed by atoms with E-state index in [1.165, 1.54) is 0 Å². The Morgan fingerprint density at radius 2 is 2.06 bits per heavy atom. The Kier molecular flexibility index (Phi) is 2.65. The van der Waals surface area contributed by atoms with Crippen LogP contribution in [0.25, 0.3) is 11.3 Å². The quantitative estimate of drug-likeness (QED) is 0.857. The highest BCUT2D eigenvalue weighted by Gasteiger charge is 2.23. The lowest BCUT2D eigenvalue weighted by molar-refractivity contribution is 0.432. The van der Waals surface area contributed by atoms with Gasteiger partial charge in [-0.25, -0.2) is 4.98 Å². The molecule has 3 nitrogen and oxygen atoms in total. The van der Waals surface area contributed by atoms with Gasteiger partial charge in [0.15, 0.2) is 0 Å². The lowest BCUT2D eigenvalue weighted by atomic mass is 10.0. The number of aryl methyl sites for hydroxylation is 1. The molecule has 0 aliphatic carbocycles. The second-order valence-corrected chi connectivity index (χ2v) is 4.84. The minimum absolute atomic E-state index is 0.518. The van der Waals surface area contributed by atoms with E-state index in [1.54, 1.807) is 0 Å². The van der Waals surface area contributed by atoms with Gasteiger partial charge in [0.2, 0.25) is 0 Å². The summed E-state index contributed by atoms with van der Waals surface area (Å²) in [4.78, 5) is 8.05. The molecule has 2 N–H and O–H groups in total. The lowest BCUT2D eigenvalue weighted by Crippen LogP contribution is -2.40. The SMILES string of the molecule is Cc1[nH]c(C2CNC2)nc1-c1ccccc1Cl. The van der Waals surface area contributed by atoms with E-state index in [1.807, 2.05) is 31.2 Å². The van der Waals surface area contributed by atoms with Gasteiger partial charge in [-0.2, -0.15) is 0 Å². The van der Waals surface area contributed by atoms with Crippen LogP contribution in [-0.2, 0) is 0 Å². The molecule has 17 heavy (non-hydrogen) atoms. The first kappa shape index (κ1) is 10.8. The molecule has 3 rings (SSSR count). The number of aromatic nitrogens is 2. The smallest absolute Gasteiger partial charge is 0.112 e. The molecule has 1 fully saturated rings. The molecule has 2 aromatic rings. The van der Waals surface area contributed by atoms with Gasteiger partial charge < -0.3 is 10.3 Å². The predicted octanol–water partition coefficient (Wildman–Crippen LogP) is 2.73. The fourth-order valence-electron chi connectivity index (χ4n) is 2.07. The van der Waals surface area contributed by atoms with Gasteiger partial charge in [-0.15, -0.1) is 0 Å². The largest absolute Gasteiger partial charge is 0.345 e. The first-order valence-corrected chi connectivity index (χ1v) is 6.15. The lowest BCUT2D eigenvalue weighted by Gasteiger charge is -2.24. The van der Waals surface area contributed by atoms with Crippen molar-refractivity contribution < 1.29 is 0 Å². The third kappa shape index (κ3) is 1.85. The predicted molar refractivity (Wildman–Crippen MR) is 69.4 cm³/mol. The standard InChI is InChI=1S/C13H14ClN3/c1-8-12(10-4-2-3-5-11(10)14)17-13(16-8)9-6-15-7-9/h2-5,9,15H,6-7H2,1H3,(H,16,17). The van der Waals surface area contributed by atoms with Crippen molar-refractivity contribution in [1.29, 1.82) is 0 Å². The van der Waals surface area contributed by atoms with E-state index in [-0.39, 0.29) is 0 Å². The first-order chi connectivity index (χ1) is 8.25. The fraction of sp³-hybridized carbons (Fsp3) is 0.308. The highest BCUT2D eigenvalue weighted by molar-refractivity contribution is 6.33. The van der Waals surface area contributed by atoms with Gasteiger partial charge in [0.25, 0.3) is 0 Å². The molecule has 2 heterocycles. The van der Waals surface area contributed by atoms with Crippen molar-refractivity contribution in [3.05, 3.63) is 40.8 Å². The van der Waals surface area contributed by atoms with Crippen LogP contribution in [0.2, 0.25) is 5.02 Å². The van der Waals surface area contributed by atoms with E-state index in [2.05, 4.69) is 15.3 Å². The maximum atomic E-state index is 6.20. The van der Waals surface area contributed by atoms with Crippen molar-refractivity contribution in [2.24, 2.45) is 0 Å². The second-order valence-electron chi connectivity index (χ2n) is 4.43. The highest BCUT2D eigenvalue weighted by atomic mass is 35.5. The van der Waals surface area contributed by atoms with Gasteiger partial charge >= 0.3 is 0 Å². The van der Waals surface area contributed by atoms with Crippen molar-refractivity contribution in [2.45, 2.75) is 12.8 Å². The first-order valence-electron chi connectivity index (χ1n) is 5.78. The average Bonchev–Trinajstić information content (AvgIpc) is 2.58. The maximum Gasteiger partial charge on any atom is 0.112 e. The Labute approximate surface area is 105 Å². The minimum atomic E-state index is 0.518. The molecule has 4 heteroatoms. The second kappa shape index (κ2) is 4.17. The van der Waals surface area contributed by atoms with Crippen LogP contribution in [0, 0.1) is 6.92 Å². The molecule has 1 aromatic carbocycles. The molecule has 1 aliphatic heterocycles. The van der Waals surface area contributed by atoms with Gasteiger partial charge in [0, 0.05) is 30.3 Å². The van der Waals surface area contributed by atoms with E-state index >= 15 is 0 Å². The summed E-state index contributed by atoms with van der Waals surface area (Å²) < 4.78 is 0. The monoisotopic (exact) mass is 247 g/mol. The van der Waals surface area contributed by atoms with Crippen LogP contribution in [0.4, 0.5) is 0 Å². The third-order valence-electron chi connectivity index (χ3n) is 3.20. The number of nitrogens with one attached hydrogen (secondary N) is 2. The van der Waals surface area contributed by atoms with Crippen LogP contribution in [0.15, 0.2) is 24.3 Å². The van der Waals surface area contributed by atoms with Gasteiger partial charge in [-0.05, 0) is 13.0 Å². The molecule has 0 atom stereocenters. The summed E-state index contributed by atoms with van der Waals surface area (Å²) in [5.74, 6) is 1.58. The Morgan fingerprint density at radius 1 is 1.29 bits per heavy atom. The molecule has 0 bridgehead atoms. The van der Waals surface area contributed by atoms with E-state index in [9.17, 15) is 0 Å². The van der Waals surface area contributed by atoms with E-state index in [4.69, 9.17) is 11.6 Å². The zero-order valence-electron chi connectivity index (χ0n) is 9.63. The summed E-state index contributed by atoms with van der Waals surface area (Å²) in [6.45, 7) is 4.06. The number of aromatic amines is 1. The number of imidazole rings is 1. The topological polar surface area (TPSA) is 40.7 Å². The Hall–Kier alpha value is -1.32. The van der Waals surface area contributed by atoms with Crippen LogP contribution < -0.4 is 5.32 Å². The molecule has 0 spiro atoms. The zero-order valence-corrected chi connectivity index (χ0v) is 10.4. The van der Waals surface area contributed by atoms with Gasteiger partial charge in [0.05, 0.1) is 10.7 Å². The molecule has 1 aliphatic rings. The van der Waals surface area contributed by atoms with Crippen LogP contribution in [-0.4, -0.2) is 23.1 Å². The van der Waals surface area contributed by atoms with Crippen molar-refractivity contribution in [3.63, 3.8) is 0 Å². The fourth-order valence-corrected chi connectivity index (χ4v) is 2.30. The van der Waals surface area contributed by atoms with Crippen molar-refractivity contribution in [2.75, 3.05) is 13.1 Å². The summed E-state index contributed by atoms with van der Waals surface area (Å²) >= 11 is 6.20. The van der Waals surface area contributed by atoms with Crippen molar-refractivity contribution >= 4 is 11.6 Å². The number of hydrogen-bond donors (Lipinski definition) is 2. The van der Waals surface area contributed by atoms with Crippen LogP contribution in [0.5, 0.6) is 0 Å². The van der Waals surface area contributed by atoms with Crippen LogP contribution in [0.3, 0.4) is 0 Å². The Balaban J connectivity index is 2.03. The summed E-state index contributed by atoms with van der Waals surface area (Å²) in [6.07, 6.45) is 0. The molecular formula is C13H14ClN3. The van der Waals surface area contributed by atoms with E-state index < -0.39 is 0 Å². The van der Waals surface area contributed by atoms with Crippen molar-refractivity contribution in [1.82, 2.24) is 15.3 Å². The minimum Gasteiger partial charge on any atom is -0.345 e. The maximum absolute atomic E-state index is 6.20. The molecule has 1 saturated heterocycles. The number of benzene rings is 1. The van der Waals surface area contributed by atoms with E-state index in [0.717, 1.165) is 40.9 Å². The summed E-state index contributed by atoms with van der Waals surface area (Å²) in [5, 5.41) is 4.00. The molecule has 0 amide bonds. The number of nitrogens with zero attached hydrogens (tertiary/aromatic N) is 1. The molecule has 88 valence electrons. The molecule has 0 saturated carbocycles. The third-order valence-corrected chi connectivity index (χ3v) is 3.53. The number of H-pyrrole nitrogens is 1. The van der Waals surface area contributed by atoms with Gasteiger partial charge in [-0.3, -0.25) is 0 Å². The van der Waals surface area contributed by atoms with Crippen LogP contribution in [0.1, 0.15) is 17.4 Å².